The van der Waals surface area contributed by atoms with Crippen molar-refractivity contribution in [1.82, 2.24) is 15.3 Å². The first-order valence-corrected chi connectivity index (χ1v) is 11.9. The first-order valence-electron chi connectivity index (χ1n) is 11.0. The van der Waals surface area contributed by atoms with Crippen molar-refractivity contribution in [3.63, 3.8) is 0 Å². The van der Waals surface area contributed by atoms with Crippen LogP contribution >= 0.6 is 11.8 Å². The number of benzene rings is 3. The monoisotopic (exact) mass is 492 g/mol. The highest BCUT2D eigenvalue weighted by Crippen LogP contribution is 2.28. The lowest BCUT2D eigenvalue weighted by Crippen LogP contribution is -2.27. The molecule has 0 aliphatic carbocycles. The summed E-state index contributed by atoms with van der Waals surface area (Å²) in [5.74, 6) is 1.68. The third-order valence-electron chi connectivity index (χ3n) is 5.21. The van der Waals surface area contributed by atoms with E-state index in [0.717, 1.165) is 16.5 Å². The number of methoxy groups -OCH3 is 2. The van der Waals surface area contributed by atoms with Gasteiger partial charge in [0.1, 0.15) is 11.6 Å². The molecule has 0 spiro atoms. The zero-order chi connectivity index (χ0) is 24.6. The van der Waals surface area contributed by atoms with Crippen LogP contribution in [0.3, 0.4) is 0 Å². The molecule has 2 N–H and O–H groups in total. The van der Waals surface area contributed by atoms with Gasteiger partial charge in [-0.15, -0.1) is 0 Å². The molecule has 1 heterocycles. The fourth-order valence-corrected chi connectivity index (χ4v) is 4.13. The van der Waals surface area contributed by atoms with Crippen LogP contribution in [0.25, 0.3) is 10.9 Å². The normalized spacial score (nSPS) is 10.7. The predicted octanol–water partition coefficient (Wildman–Crippen LogP) is 4.98. The van der Waals surface area contributed by atoms with Gasteiger partial charge in [-0.2, -0.15) is 0 Å². The maximum absolute atomic E-state index is 13.3. The summed E-state index contributed by atoms with van der Waals surface area (Å²) >= 11 is 1.26. The van der Waals surface area contributed by atoms with Gasteiger partial charge in [0.2, 0.25) is 5.91 Å². The van der Waals surface area contributed by atoms with Gasteiger partial charge in [-0.3, -0.25) is 4.79 Å². The number of nitrogens with zero attached hydrogens (tertiary/aromatic N) is 2. The van der Waals surface area contributed by atoms with E-state index in [9.17, 15) is 9.18 Å². The number of para-hydroxylation sites is 1. The van der Waals surface area contributed by atoms with Crippen molar-refractivity contribution in [3.05, 3.63) is 78.1 Å². The van der Waals surface area contributed by atoms with Gasteiger partial charge in [-0.05, 0) is 60.5 Å². The summed E-state index contributed by atoms with van der Waals surface area (Å²) in [6.45, 7) is 0.491. The van der Waals surface area contributed by atoms with Crippen LogP contribution in [0.2, 0.25) is 0 Å². The van der Waals surface area contributed by atoms with Crippen LogP contribution in [0.1, 0.15) is 5.56 Å². The van der Waals surface area contributed by atoms with Crippen LogP contribution < -0.4 is 20.1 Å². The number of hydrogen-bond donors (Lipinski definition) is 2. The van der Waals surface area contributed by atoms with Crippen LogP contribution in [0, 0.1) is 5.82 Å². The number of halogens is 1. The second-order valence-electron chi connectivity index (χ2n) is 7.58. The average molecular weight is 493 g/mol. The smallest absolute Gasteiger partial charge is 0.230 e. The lowest BCUT2D eigenvalue weighted by Gasteiger charge is -2.11. The van der Waals surface area contributed by atoms with Crippen LogP contribution in [0.4, 0.5) is 15.9 Å². The standard InChI is InChI=1S/C26H25FN4O3S/c1-33-22-12-7-17(15-23(22)34-2)13-14-28-24(32)16-35-26-30-21-6-4-3-5-20(21)25(31-26)29-19-10-8-18(27)9-11-19/h3-12,15H,13-14,16H2,1-2H3,(H,28,32)(H,29,30,31). The Balaban J connectivity index is 1.37. The molecule has 3 aromatic carbocycles. The minimum absolute atomic E-state index is 0.111. The number of aromatic nitrogens is 2. The largest absolute Gasteiger partial charge is 0.493 e. The Bertz CT molecular complexity index is 1320. The lowest BCUT2D eigenvalue weighted by atomic mass is 10.1. The summed E-state index contributed by atoms with van der Waals surface area (Å²) < 4.78 is 23.8. The number of ether oxygens (including phenoxy) is 2. The third-order valence-corrected chi connectivity index (χ3v) is 6.05. The highest BCUT2D eigenvalue weighted by molar-refractivity contribution is 7.99. The summed E-state index contributed by atoms with van der Waals surface area (Å²) in [6, 6.07) is 19.3. The fourth-order valence-electron chi connectivity index (χ4n) is 3.45. The quantitative estimate of drug-likeness (QED) is 0.239. The molecule has 0 saturated carbocycles. The maximum atomic E-state index is 13.3. The number of hydrogen-bond acceptors (Lipinski definition) is 7. The molecule has 4 rings (SSSR count). The highest BCUT2D eigenvalue weighted by Gasteiger charge is 2.11. The molecule has 0 aliphatic rings. The molecule has 0 radical (unpaired) electrons. The van der Waals surface area contributed by atoms with E-state index in [2.05, 4.69) is 20.6 Å². The number of fused-ring (bicyclic) bond motifs is 1. The molecule has 0 bridgehead atoms. The molecule has 0 aliphatic heterocycles. The van der Waals surface area contributed by atoms with Crippen molar-refractivity contribution in [2.24, 2.45) is 0 Å². The summed E-state index contributed by atoms with van der Waals surface area (Å²) in [6.07, 6.45) is 0.662. The Morgan fingerprint density at radius 3 is 2.51 bits per heavy atom. The van der Waals surface area contributed by atoms with Crippen molar-refractivity contribution in [2.75, 3.05) is 31.8 Å². The van der Waals surface area contributed by atoms with Crippen molar-refractivity contribution in [1.29, 1.82) is 0 Å². The van der Waals surface area contributed by atoms with E-state index < -0.39 is 0 Å². The van der Waals surface area contributed by atoms with E-state index in [0.29, 0.717) is 41.1 Å². The number of anilines is 2. The van der Waals surface area contributed by atoms with Crippen molar-refractivity contribution in [3.8, 4) is 11.5 Å². The molecule has 4 aromatic rings. The van der Waals surface area contributed by atoms with Crippen molar-refractivity contribution in [2.45, 2.75) is 11.6 Å². The summed E-state index contributed by atoms with van der Waals surface area (Å²) in [5.41, 5.74) is 2.49. The summed E-state index contributed by atoms with van der Waals surface area (Å²) in [4.78, 5) is 21.6. The second-order valence-corrected chi connectivity index (χ2v) is 8.52. The van der Waals surface area contributed by atoms with Crippen LogP contribution in [-0.2, 0) is 11.2 Å². The van der Waals surface area contributed by atoms with E-state index in [4.69, 9.17) is 9.47 Å². The SMILES string of the molecule is COc1ccc(CCNC(=O)CSc2nc(Nc3ccc(F)cc3)c3ccccc3n2)cc1OC. The number of nitrogens with one attached hydrogen (secondary N) is 2. The third kappa shape index (κ3) is 6.39. The molecule has 0 saturated heterocycles. The molecule has 9 heteroatoms. The van der Waals surface area contributed by atoms with E-state index >= 15 is 0 Å². The van der Waals surface area contributed by atoms with Gasteiger partial charge in [0, 0.05) is 17.6 Å². The second kappa shape index (κ2) is 11.5. The molecular weight excluding hydrogens is 467 g/mol. The van der Waals surface area contributed by atoms with Gasteiger partial charge in [0.25, 0.3) is 0 Å². The minimum atomic E-state index is -0.309. The minimum Gasteiger partial charge on any atom is -0.493 e. The zero-order valence-electron chi connectivity index (χ0n) is 19.4. The Morgan fingerprint density at radius 1 is 0.971 bits per heavy atom. The zero-order valence-corrected chi connectivity index (χ0v) is 20.2. The van der Waals surface area contributed by atoms with Gasteiger partial charge in [-0.25, -0.2) is 14.4 Å². The van der Waals surface area contributed by atoms with E-state index in [1.54, 1.807) is 26.4 Å². The van der Waals surface area contributed by atoms with Gasteiger partial charge in [0.05, 0.1) is 25.5 Å². The number of rotatable bonds is 10. The fraction of sp³-hybridized carbons (Fsp3) is 0.192. The topological polar surface area (TPSA) is 85.4 Å². The number of carbonyl (C=O) groups excluding carboxylic acids is 1. The van der Waals surface area contributed by atoms with Crippen molar-refractivity contribution >= 4 is 40.1 Å². The predicted molar refractivity (Wildman–Crippen MR) is 136 cm³/mol. The molecular formula is C26H25FN4O3S. The molecule has 0 atom stereocenters. The number of carbonyl (C=O) groups is 1. The van der Waals surface area contributed by atoms with Gasteiger partial charge in [0.15, 0.2) is 16.7 Å². The van der Waals surface area contributed by atoms with Gasteiger partial charge < -0.3 is 20.1 Å². The van der Waals surface area contributed by atoms with E-state index in [-0.39, 0.29) is 17.5 Å². The van der Waals surface area contributed by atoms with Crippen molar-refractivity contribution < 1.29 is 18.7 Å². The molecule has 35 heavy (non-hydrogen) atoms. The van der Waals surface area contributed by atoms with Crippen LogP contribution in [0.5, 0.6) is 11.5 Å². The molecule has 180 valence electrons. The van der Waals surface area contributed by atoms with Crippen LogP contribution in [-0.4, -0.2) is 42.4 Å². The first kappa shape index (κ1) is 24.3. The molecule has 0 fully saturated rings. The lowest BCUT2D eigenvalue weighted by molar-refractivity contribution is -0.118. The average Bonchev–Trinajstić information content (AvgIpc) is 2.88. The number of amides is 1. The Hall–Kier alpha value is -3.85. The Kier molecular flexibility index (Phi) is 7.99. The van der Waals surface area contributed by atoms with Gasteiger partial charge >= 0.3 is 0 Å². The van der Waals surface area contributed by atoms with Gasteiger partial charge in [-0.1, -0.05) is 30.0 Å². The Labute approximate surface area is 207 Å². The van der Waals surface area contributed by atoms with E-state index in [1.807, 2.05) is 42.5 Å². The molecule has 0 unspecified atom stereocenters. The first-order chi connectivity index (χ1) is 17.1. The number of thioether (sulfide) groups is 1. The van der Waals surface area contributed by atoms with E-state index in [1.165, 1.54) is 23.9 Å². The summed E-state index contributed by atoms with van der Waals surface area (Å²) in [5, 5.41) is 7.46. The highest BCUT2D eigenvalue weighted by atomic mass is 32.2. The Morgan fingerprint density at radius 2 is 1.74 bits per heavy atom. The molecule has 1 amide bonds. The molecule has 7 nitrogen and oxygen atoms in total. The molecule has 1 aromatic heterocycles. The summed E-state index contributed by atoms with van der Waals surface area (Å²) in [7, 11) is 3.19. The van der Waals surface area contributed by atoms with Crippen LogP contribution in [0.15, 0.2) is 71.9 Å². The maximum Gasteiger partial charge on any atom is 0.230 e.